The van der Waals surface area contributed by atoms with E-state index in [1.54, 1.807) is 18.2 Å². The number of benzene rings is 4. The van der Waals surface area contributed by atoms with Gasteiger partial charge in [0.1, 0.15) is 5.25 Å². The number of aryl methyl sites for hydroxylation is 1. The maximum Gasteiger partial charge on any atom is 0.255 e. The molecule has 0 aromatic heterocycles. The molecule has 0 fully saturated rings. The summed E-state index contributed by atoms with van der Waals surface area (Å²) in [4.78, 5) is 26.7. The Balaban J connectivity index is 1.53. The van der Waals surface area contributed by atoms with Gasteiger partial charge in [-0.05, 0) is 67.1 Å². The van der Waals surface area contributed by atoms with Crippen LogP contribution in [0.1, 0.15) is 26.7 Å². The zero-order valence-corrected chi connectivity index (χ0v) is 21.6. The van der Waals surface area contributed by atoms with Crippen LogP contribution in [0.4, 0.5) is 11.4 Å². The number of nitrogens with one attached hydrogen (secondary N) is 2. The molecule has 0 aliphatic carbocycles. The number of sulfonamides is 1. The summed E-state index contributed by atoms with van der Waals surface area (Å²) in [6.45, 7) is 1.96. The molecule has 0 heterocycles. The molecular formula is C28H25N3O4S2. The predicted octanol–water partition coefficient (Wildman–Crippen LogP) is 5.37. The van der Waals surface area contributed by atoms with Crippen LogP contribution in [0.3, 0.4) is 0 Å². The maximum absolute atomic E-state index is 13.3. The Morgan fingerprint density at radius 2 is 1.46 bits per heavy atom. The van der Waals surface area contributed by atoms with E-state index in [-0.39, 0.29) is 16.7 Å². The molecular weight excluding hydrogens is 506 g/mol. The standard InChI is InChI=1S/C28H25N3O4S2/c1-19-10-12-21(13-11-19)27(32)31-23-8-5-9-24(18-23)36-26(20-6-3-2-4-7-20)28(33)30-22-14-16-25(17-15-22)37(29,34)35/h2-18,26H,1H3,(H,30,33)(H,31,32)(H2,29,34,35). The number of primary sulfonamides is 1. The van der Waals surface area contributed by atoms with E-state index in [4.69, 9.17) is 5.14 Å². The van der Waals surface area contributed by atoms with Crippen molar-refractivity contribution in [1.82, 2.24) is 0 Å². The minimum Gasteiger partial charge on any atom is -0.325 e. The summed E-state index contributed by atoms with van der Waals surface area (Å²) in [5.74, 6) is -0.504. The van der Waals surface area contributed by atoms with Crippen molar-refractivity contribution in [2.24, 2.45) is 5.14 Å². The van der Waals surface area contributed by atoms with Gasteiger partial charge >= 0.3 is 0 Å². The fourth-order valence-corrected chi connectivity index (χ4v) is 5.13. The van der Waals surface area contributed by atoms with Gasteiger partial charge in [0.05, 0.1) is 4.90 Å². The Morgan fingerprint density at radius 3 is 2.11 bits per heavy atom. The molecule has 0 saturated carbocycles. The molecule has 9 heteroatoms. The quantitative estimate of drug-likeness (QED) is 0.264. The van der Waals surface area contributed by atoms with E-state index in [0.717, 1.165) is 16.0 Å². The van der Waals surface area contributed by atoms with Gasteiger partial charge in [0.25, 0.3) is 5.91 Å². The molecule has 4 N–H and O–H groups in total. The van der Waals surface area contributed by atoms with Gasteiger partial charge in [0.15, 0.2) is 0 Å². The van der Waals surface area contributed by atoms with Crippen LogP contribution in [0, 0.1) is 6.92 Å². The minimum atomic E-state index is -3.83. The molecule has 188 valence electrons. The number of carbonyl (C=O) groups excluding carboxylic acids is 2. The Kier molecular flexibility index (Phi) is 8.08. The molecule has 4 rings (SSSR count). The van der Waals surface area contributed by atoms with E-state index in [1.165, 1.54) is 36.0 Å². The van der Waals surface area contributed by atoms with Gasteiger partial charge < -0.3 is 10.6 Å². The van der Waals surface area contributed by atoms with Gasteiger partial charge in [0.2, 0.25) is 15.9 Å². The zero-order chi connectivity index (χ0) is 26.4. The molecule has 1 unspecified atom stereocenters. The van der Waals surface area contributed by atoms with Crippen molar-refractivity contribution >= 4 is 45.0 Å². The largest absolute Gasteiger partial charge is 0.325 e. The van der Waals surface area contributed by atoms with Crippen LogP contribution in [-0.4, -0.2) is 20.2 Å². The normalized spacial score (nSPS) is 11.9. The number of hydrogen-bond acceptors (Lipinski definition) is 5. The van der Waals surface area contributed by atoms with Gasteiger partial charge in [-0.15, -0.1) is 11.8 Å². The van der Waals surface area contributed by atoms with Gasteiger partial charge in [-0.25, -0.2) is 13.6 Å². The van der Waals surface area contributed by atoms with E-state index >= 15 is 0 Å². The molecule has 0 bridgehead atoms. The number of anilines is 2. The Morgan fingerprint density at radius 1 is 0.784 bits per heavy atom. The van der Waals surface area contributed by atoms with Crippen molar-refractivity contribution in [3.8, 4) is 0 Å². The molecule has 4 aromatic rings. The number of thioether (sulfide) groups is 1. The third-order valence-electron chi connectivity index (χ3n) is 5.45. The first-order valence-corrected chi connectivity index (χ1v) is 13.7. The molecule has 1 atom stereocenters. The molecule has 0 saturated heterocycles. The van der Waals surface area contributed by atoms with Crippen molar-refractivity contribution < 1.29 is 18.0 Å². The second-order valence-corrected chi connectivity index (χ2v) is 11.1. The van der Waals surface area contributed by atoms with E-state index < -0.39 is 15.3 Å². The molecule has 0 aliphatic rings. The summed E-state index contributed by atoms with van der Waals surface area (Å²) in [7, 11) is -3.83. The smallest absolute Gasteiger partial charge is 0.255 e. The SMILES string of the molecule is Cc1ccc(C(=O)Nc2cccc(SC(C(=O)Nc3ccc(S(N)(=O)=O)cc3)c3ccccc3)c2)cc1. The van der Waals surface area contributed by atoms with E-state index in [0.29, 0.717) is 16.9 Å². The lowest BCUT2D eigenvalue weighted by Gasteiger charge is -2.18. The average Bonchev–Trinajstić information content (AvgIpc) is 2.88. The molecule has 7 nitrogen and oxygen atoms in total. The average molecular weight is 532 g/mol. The first-order chi connectivity index (χ1) is 17.7. The van der Waals surface area contributed by atoms with Gasteiger partial charge in [-0.3, -0.25) is 9.59 Å². The van der Waals surface area contributed by atoms with Crippen LogP contribution >= 0.6 is 11.8 Å². The van der Waals surface area contributed by atoms with Crippen LogP contribution in [0.2, 0.25) is 0 Å². The fraction of sp³-hybridized carbons (Fsp3) is 0.0714. The second kappa shape index (κ2) is 11.4. The molecule has 0 spiro atoms. The highest BCUT2D eigenvalue weighted by atomic mass is 32.2. The number of amides is 2. The minimum absolute atomic E-state index is 0.0380. The summed E-state index contributed by atoms with van der Waals surface area (Å²) in [5.41, 5.74) is 3.47. The molecule has 0 aliphatic heterocycles. The summed E-state index contributed by atoms with van der Waals surface area (Å²) >= 11 is 1.34. The summed E-state index contributed by atoms with van der Waals surface area (Å²) < 4.78 is 23.0. The Labute approximate surface area is 220 Å². The van der Waals surface area contributed by atoms with Crippen molar-refractivity contribution in [2.45, 2.75) is 22.0 Å². The van der Waals surface area contributed by atoms with Crippen LogP contribution < -0.4 is 15.8 Å². The number of nitrogens with two attached hydrogens (primary N) is 1. The summed E-state index contributed by atoms with van der Waals surface area (Å²) in [6.07, 6.45) is 0. The van der Waals surface area contributed by atoms with Crippen LogP contribution in [-0.2, 0) is 14.8 Å². The molecule has 2 amide bonds. The summed E-state index contributed by atoms with van der Waals surface area (Å²) in [5, 5.41) is 10.3. The number of hydrogen-bond donors (Lipinski definition) is 3. The second-order valence-electron chi connectivity index (χ2n) is 8.32. The van der Waals surface area contributed by atoms with Crippen LogP contribution in [0.5, 0.6) is 0 Å². The number of rotatable bonds is 8. The lowest BCUT2D eigenvalue weighted by Crippen LogP contribution is -2.19. The lowest BCUT2D eigenvalue weighted by molar-refractivity contribution is -0.115. The Bertz CT molecular complexity index is 1510. The highest BCUT2D eigenvalue weighted by Gasteiger charge is 2.23. The summed E-state index contributed by atoms with van der Waals surface area (Å²) in [6, 6.07) is 29.6. The van der Waals surface area contributed by atoms with Crippen LogP contribution in [0.15, 0.2) is 113 Å². The predicted molar refractivity (Wildman–Crippen MR) is 147 cm³/mol. The van der Waals surface area contributed by atoms with Crippen LogP contribution in [0.25, 0.3) is 0 Å². The number of carbonyl (C=O) groups is 2. The van der Waals surface area contributed by atoms with E-state index in [2.05, 4.69) is 10.6 Å². The molecule has 37 heavy (non-hydrogen) atoms. The molecule has 4 aromatic carbocycles. The third-order valence-corrected chi connectivity index (χ3v) is 7.63. The van der Waals surface area contributed by atoms with Gasteiger partial charge in [0, 0.05) is 21.8 Å². The first kappa shape index (κ1) is 26.2. The van der Waals surface area contributed by atoms with Crippen molar-refractivity contribution in [1.29, 1.82) is 0 Å². The van der Waals surface area contributed by atoms with Crippen molar-refractivity contribution in [2.75, 3.05) is 10.6 Å². The maximum atomic E-state index is 13.3. The highest BCUT2D eigenvalue weighted by molar-refractivity contribution is 8.00. The van der Waals surface area contributed by atoms with E-state index in [1.807, 2.05) is 67.6 Å². The molecule has 0 radical (unpaired) electrons. The topological polar surface area (TPSA) is 118 Å². The fourth-order valence-electron chi connectivity index (χ4n) is 3.53. The van der Waals surface area contributed by atoms with E-state index in [9.17, 15) is 18.0 Å². The lowest BCUT2D eigenvalue weighted by atomic mass is 10.1. The monoisotopic (exact) mass is 531 g/mol. The highest BCUT2D eigenvalue weighted by Crippen LogP contribution is 2.37. The van der Waals surface area contributed by atoms with Gasteiger partial charge in [-0.2, -0.15) is 0 Å². The third kappa shape index (κ3) is 7.07. The first-order valence-electron chi connectivity index (χ1n) is 11.3. The van der Waals surface area contributed by atoms with Crippen molar-refractivity contribution in [3.05, 3.63) is 120 Å². The van der Waals surface area contributed by atoms with Gasteiger partial charge in [-0.1, -0.05) is 54.1 Å². The zero-order valence-electron chi connectivity index (χ0n) is 19.9. The van der Waals surface area contributed by atoms with Crippen molar-refractivity contribution in [3.63, 3.8) is 0 Å². The Hall–Kier alpha value is -3.92.